The lowest BCUT2D eigenvalue weighted by molar-refractivity contribution is 0.509. The number of alkyl halides is 1. The Labute approximate surface area is 93.0 Å². The molecular formula is C10H21ClO2S. The lowest BCUT2D eigenvalue weighted by Gasteiger charge is -2.16. The van der Waals surface area contributed by atoms with Crippen molar-refractivity contribution in [2.75, 3.05) is 5.75 Å². The average molecular weight is 241 g/mol. The van der Waals surface area contributed by atoms with Crippen molar-refractivity contribution in [3.8, 4) is 0 Å². The fraction of sp³-hybridized carbons (Fsp3) is 1.00. The van der Waals surface area contributed by atoms with Crippen LogP contribution in [-0.4, -0.2) is 24.8 Å². The SMILES string of the molecule is CCC(Cl)C(C)CCS(=O)(=O)C(C)C. The van der Waals surface area contributed by atoms with Crippen LogP contribution in [0.4, 0.5) is 0 Å². The van der Waals surface area contributed by atoms with Gasteiger partial charge < -0.3 is 0 Å². The van der Waals surface area contributed by atoms with Crippen LogP contribution in [0.1, 0.15) is 40.5 Å². The molecule has 0 aromatic rings. The van der Waals surface area contributed by atoms with Gasteiger partial charge in [0.15, 0.2) is 9.84 Å². The number of rotatable bonds is 6. The van der Waals surface area contributed by atoms with Gasteiger partial charge in [0.2, 0.25) is 0 Å². The lowest BCUT2D eigenvalue weighted by Crippen LogP contribution is -2.21. The molecule has 0 rings (SSSR count). The maximum atomic E-state index is 11.5. The van der Waals surface area contributed by atoms with Gasteiger partial charge in [-0.05, 0) is 32.6 Å². The zero-order chi connectivity index (χ0) is 11.4. The van der Waals surface area contributed by atoms with E-state index in [0.717, 1.165) is 6.42 Å². The molecule has 4 heteroatoms. The van der Waals surface area contributed by atoms with Crippen molar-refractivity contribution in [1.82, 2.24) is 0 Å². The van der Waals surface area contributed by atoms with Gasteiger partial charge in [0.25, 0.3) is 0 Å². The van der Waals surface area contributed by atoms with Crippen LogP contribution in [0.25, 0.3) is 0 Å². The number of halogens is 1. The highest BCUT2D eigenvalue weighted by molar-refractivity contribution is 7.91. The molecule has 0 saturated carbocycles. The van der Waals surface area contributed by atoms with Gasteiger partial charge in [0, 0.05) is 5.38 Å². The van der Waals surface area contributed by atoms with Gasteiger partial charge in [0.05, 0.1) is 11.0 Å². The van der Waals surface area contributed by atoms with Crippen molar-refractivity contribution in [1.29, 1.82) is 0 Å². The summed E-state index contributed by atoms with van der Waals surface area (Å²) in [5.74, 6) is 0.532. The highest BCUT2D eigenvalue weighted by atomic mass is 35.5. The van der Waals surface area contributed by atoms with Gasteiger partial charge in [-0.2, -0.15) is 0 Å². The molecule has 0 aliphatic heterocycles. The third-order valence-corrected chi connectivity index (χ3v) is 5.56. The second-order valence-corrected chi connectivity index (χ2v) is 7.34. The minimum Gasteiger partial charge on any atom is -0.229 e. The summed E-state index contributed by atoms with van der Waals surface area (Å²) in [4.78, 5) is 0. The summed E-state index contributed by atoms with van der Waals surface area (Å²) in [5.41, 5.74) is 0. The van der Waals surface area contributed by atoms with E-state index in [1.165, 1.54) is 0 Å². The summed E-state index contributed by atoms with van der Waals surface area (Å²) < 4.78 is 23.0. The molecule has 0 amide bonds. The van der Waals surface area contributed by atoms with Gasteiger partial charge in [-0.15, -0.1) is 11.6 Å². The first-order chi connectivity index (χ1) is 6.31. The first kappa shape index (κ1) is 14.2. The molecule has 0 heterocycles. The summed E-state index contributed by atoms with van der Waals surface area (Å²) in [6.45, 7) is 7.47. The molecule has 0 aromatic carbocycles. The maximum Gasteiger partial charge on any atom is 0.152 e. The van der Waals surface area contributed by atoms with Crippen LogP contribution in [-0.2, 0) is 9.84 Å². The van der Waals surface area contributed by atoms with E-state index in [4.69, 9.17) is 11.6 Å². The molecule has 2 nitrogen and oxygen atoms in total. The Morgan fingerprint density at radius 3 is 2.07 bits per heavy atom. The molecule has 0 bridgehead atoms. The van der Waals surface area contributed by atoms with Crippen molar-refractivity contribution in [3.05, 3.63) is 0 Å². The summed E-state index contributed by atoms with van der Waals surface area (Å²) >= 11 is 6.03. The summed E-state index contributed by atoms with van der Waals surface area (Å²) in [5, 5.41) is -0.178. The quantitative estimate of drug-likeness (QED) is 0.669. The zero-order valence-corrected chi connectivity index (χ0v) is 11.0. The second kappa shape index (κ2) is 5.96. The van der Waals surface area contributed by atoms with E-state index in [0.29, 0.717) is 6.42 Å². The molecular weight excluding hydrogens is 220 g/mol. The normalized spacial score (nSPS) is 17.0. The Bertz CT molecular complexity index is 247. The van der Waals surface area contributed by atoms with Crippen molar-refractivity contribution in [3.63, 3.8) is 0 Å². The number of hydrogen-bond donors (Lipinski definition) is 0. The largest absolute Gasteiger partial charge is 0.229 e. The average Bonchev–Trinajstić information content (AvgIpc) is 2.12. The van der Waals surface area contributed by atoms with Crippen molar-refractivity contribution in [2.45, 2.75) is 51.2 Å². The van der Waals surface area contributed by atoms with Gasteiger partial charge in [0.1, 0.15) is 0 Å². The van der Waals surface area contributed by atoms with E-state index in [-0.39, 0.29) is 22.3 Å². The monoisotopic (exact) mass is 240 g/mol. The van der Waals surface area contributed by atoms with Crippen LogP contribution < -0.4 is 0 Å². The molecule has 2 atom stereocenters. The summed E-state index contributed by atoms with van der Waals surface area (Å²) in [6, 6.07) is 0. The number of hydrogen-bond acceptors (Lipinski definition) is 2. The van der Waals surface area contributed by atoms with Crippen LogP contribution >= 0.6 is 11.6 Å². The first-order valence-electron chi connectivity index (χ1n) is 5.16. The number of sulfone groups is 1. The van der Waals surface area contributed by atoms with Crippen molar-refractivity contribution < 1.29 is 8.42 Å². The minimum absolute atomic E-state index is 0.0948. The lowest BCUT2D eigenvalue weighted by atomic mass is 10.0. The van der Waals surface area contributed by atoms with Crippen LogP contribution in [0.2, 0.25) is 0 Å². The molecule has 0 aliphatic rings. The minimum atomic E-state index is -2.89. The van der Waals surface area contributed by atoms with Gasteiger partial charge >= 0.3 is 0 Å². The van der Waals surface area contributed by atoms with Crippen LogP contribution in [0.3, 0.4) is 0 Å². The summed E-state index contributed by atoms with van der Waals surface area (Å²) in [6.07, 6.45) is 1.56. The highest BCUT2D eigenvalue weighted by Crippen LogP contribution is 2.19. The molecule has 14 heavy (non-hydrogen) atoms. The third kappa shape index (κ3) is 4.65. The molecule has 0 radical (unpaired) electrons. The van der Waals surface area contributed by atoms with E-state index >= 15 is 0 Å². The molecule has 0 fully saturated rings. The van der Waals surface area contributed by atoms with E-state index in [1.807, 2.05) is 13.8 Å². The van der Waals surface area contributed by atoms with Gasteiger partial charge in [-0.1, -0.05) is 13.8 Å². The molecule has 86 valence electrons. The highest BCUT2D eigenvalue weighted by Gasteiger charge is 2.19. The zero-order valence-electron chi connectivity index (χ0n) is 9.46. The smallest absolute Gasteiger partial charge is 0.152 e. The van der Waals surface area contributed by atoms with Gasteiger partial charge in [-0.25, -0.2) is 8.42 Å². The first-order valence-corrected chi connectivity index (χ1v) is 7.32. The fourth-order valence-corrected chi connectivity index (χ4v) is 2.47. The van der Waals surface area contributed by atoms with Crippen LogP contribution in [0.5, 0.6) is 0 Å². The Balaban J connectivity index is 4.07. The van der Waals surface area contributed by atoms with Crippen LogP contribution in [0, 0.1) is 5.92 Å². The topological polar surface area (TPSA) is 34.1 Å². The Hall–Kier alpha value is 0.240. The standard InChI is InChI=1S/C10H21ClO2S/c1-5-10(11)9(4)6-7-14(12,13)8(2)3/h8-10H,5-7H2,1-4H3. The molecule has 0 aliphatic carbocycles. The van der Waals surface area contributed by atoms with Crippen molar-refractivity contribution >= 4 is 21.4 Å². The van der Waals surface area contributed by atoms with E-state index in [9.17, 15) is 8.42 Å². The molecule has 0 aromatic heterocycles. The maximum absolute atomic E-state index is 11.5. The third-order valence-electron chi connectivity index (χ3n) is 2.58. The Morgan fingerprint density at radius 1 is 1.21 bits per heavy atom. The van der Waals surface area contributed by atoms with E-state index in [1.54, 1.807) is 13.8 Å². The molecule has 0 spiro atoms. The van der Waals surface area contributed by atoms with E-state index < -0.39 is 9.84 Å². The Kier molecular flexibility index (Phi) is 6.06. The molecule has 0 N–H and O–H groups in total. The molecule has 2 unspecified atom stereocenters. The van der Waals surface area contributed by atoms with Gasteiger partial charge in [-0.3, -0.25) is 0 Å². The second-order valence-electron chi connectivity index (χ2n) is 4.11. The predicted octanol–water partition coefficient (Wildman–Crippen LogP) is 2.85. The summed E-state index contributed by atoms with van der Waals surface area (Å²) in [7, 11) is -2.89. The fourth-order valence-electron chi connectivity index (χ4n) is 1.17. The Morgan fingerprint density at radius 2 is 1.71 bits per heavy atom. The van der Waals surface area contributed by atoms with Crippen molar-refractivity contribution in [2.24, 2.45) is 5.92 Å². The van der Waals surface area contributed by atoms with Crippen LogP contribution in [0.15, 0.2) is 0 Å². The molecule has 0 saturated heterocycles. The van der Waals surface area contributed by atoms with E-state index in [2.05, 4.69) is 0 Å². The predicted molar refractivity (Wildman–Crippen MR) is 62.6 cm³/mol.